The predicted molar refractivity (Wildman–Crippen MR) is 77.1 cm³/mol. The predicted octanol–water partition coefficient (Wildman–Crippen LogP) is 2.43. The van der Waals surface area contributed by atoms with Gasteiger partial charge in [-0.1, -0.05) is 24.3 Å². The lowest BCUT2D eigenvalue weighted by atomic mass is 9.99. The van der Waals surface area contributed by atoms with Crippen LogP contribution in [0.5, 0.6) is 0 Å². The molecule has 4 rings (SSSR count). The molecular weight excluding hydrogens is 234 g/mol. The van der Waals surface area contributed by atoms with Gasteiger partial charge in [-0.25, -0.2) is 4.98 Å². The minimum atomic E-state index is -2.08. The average Bonchev–Trinajstić information content (AvgIpc) is 2.63. The molecule has 2 aromatic rings. The Morgan fingerprint density at radius 3 is 3.11 bits per heavy atom. The molecule has 0 radical (unpaired) electrons. The number of nitrogens with one attached hydrogen (secondary N) is 1. The lowest BCUT2D eigenvalue weighted by molar-refractivity contribution is 0.423. The van der Waals surface area contributed by atoms with Gasteiger partial charge in [-0.2, -0.15) is 0 Å². The van der Waals surface area contributed by atoms with Crippen LogP contribution in [-0.2, 0) is 6.42 Å². The van der Waals surface area contributed by atoms with E-state index < -0.39 is 12.9 Å². The molecule has 0 bridgehead atoms. The van der Waals surface area contributed by atoms with Crippen molar-refractivity contribution in [3.05, 3.63) is 48.2 Å². The smallest absolute Gasteiger partial charge is 0.137 e. The molecule has 1 aromatic heterocycles. The molecule has 1 aromatic carbocycles. The van der Waals surface area contributed by atoms with E-state index in [4.69, 9.17) is 5.48 Å². The maximum atomic E-state index is 8.09. The van der Waals surface area contributed by atoms with Crippen LogP contribution in [0.15, 0.2) is 42.6 Å². The first-order valence-electron chi connectivity index (χ1n) is 8.47. The van der Waals surface area contributed by atoms with Gasteiger partial charge in [-0.15, -0.1) is 0 Å². The van der Waals surface area contributed by atoms with Gasteiger partial charge < -0.3 is 4.90 Å². The first kappa shape index (κ1) is 7.65. The summed E-state index contributed by atoms with van der Waals surface area (Å²) in [7, 11) is 0. The van der Waals surface area contributed by atoms with E-state index in [9.17, 15) is 0 Å². The van der Waals surface area contributed by atoms with E-state index in [0.29, 0.717) is 12.2 Å². The van der Waals surface area contributed by atoms with E-state index in [1.807, 2.05) is 41.3 Å². The van der Waals surface area contributed by atoms with Gasteiger partial charge in [-0.3, -0.25) is 5.32 Å². The molecule has 3 nitrogen and oxygen atoms in total. The fraction of sp³-hybridized carbons (Fsp3) is 0.312. The van der Waals surface area contributed by atoms with Gasteiger partial charge in [0.2, 0.25) is 0 Å². The van der Waals surface area contributed by atoms with Crippen LogP contribution < -0.4 is 10.2 Å². The SMILES string of the molecule is [2H]C1([2H])CN2c3ncccc3-c3ccccc3CC2NC1([2H])[2H]. The topological polar surface area (TPSA) is 28.2 Å². The zero-order valence-electron chi connectivity index (χ0n) is 14.4. The molecule has 96 valence electrons. The highest BCUT2D eigenvalue weighted by molar-refractivity contribution is 5.79. The van der Waals surface area contributed by atoms with Gasteiger partial charge in [0.1, 0.15) is 5.82 Å². The minimum Gasteiger partial charge on any atom is -0.340 e. The van der Waals surface area contributed by atoms with Crippen LogP contribution in [0.1, 0.15) is 17.4 Å². The summed E-state index contributed by atoms with van der Waals surface area (Å²) in [5, 5.41) is 2.85. The summed E-state index contributed by atoms with van der Waals surface area (Å²) < 4.78 is 32.2. The first-order valence-corrected chi connectivity index (χ1v) is 6.47. The highest BCUT2D eigenvalue weighted by Crippen LogP contribution is 2.36. The van der Waals surface area contributed by atoms with Crippen molar-refractivity contribution in [2.24, 2.45) is 0 Å². The Labute approximate surface area is 118 Å². The van der Waals surface area contributed by atoms with Crippen LogP contribution in [0.25, 0.3) is 11.1 Å². The number of benzene rings is 1. The first-order chi connectivity index (χ1) is 10.9. The van der Waals surface area contributed by atoms with Gasteiger partial charge in [0.15, 0.2) is 0 Å². The van der Waals surface area contributed by atoms with E-state index in [1.54, 1.807) is 6.20 Å². The molecule has 1 N–H and O–H groups in total. The van der Waals surface area contributed by atoms with Crippen molar-refractivity contribution >= 4 is 5.82 Å². The molecule has 19 heavy (non-hydrogen) atoms. The largest absolute Gasteiger partial charge is 0.340 e. The third-order valence-corrected chi connectivity index (χ3v) is 3.73. The van der Waals surface area contributed by atoms with Crippen LogP contribution in [0.2, 0.25) is 0 Å². The van der Waals surface area contributed by atoms with E-state index in [0.717, 1.165) is 16.7 Å². The molecule has 1 saturated heterocycles. The average molecular weight is 255 g/mol. The second-order valence-corrected chi connectivity index (χ2v) is 4.83. The standard InChI is InChI=1S/C16H17N3/c1-2-6-13-12(5-1)11-15-17-9-4-10-19(15)16-14(13)7-3-8-18-16/h1-3,5-8,15,17H,4,9-11H2/i4D2,9D2. The van der Waals surface area contributed by atoms with E-state index in [1.165, 1.54) is 0 Å². The van der Waals surface area contributed by atoms with Gasteiger partial charge in [-0.05, 0) is 36.1 Å². The summed E-state index contributed by atoms with van der Waals surface area (Å²) in [5.41, 5.74) is 3.15. The van der Waals surface area contributed by atoms with E-state index in [2.05, 4.69) is 10.3 Å². The minimum absolute atomic E-state index is 0.0321. The number of fused-ring (bicyclic) bond motifs is 5. The molecule has 0 spiro atoms. The Kier molecular flexibility index (Phi) is 1.75. The molecule has 2 aliphatic rings. The highest BCUT2D eigenvalue weighted by Gasteiger charge is 2.29. The van der Waals surface area contributed by atoms with Crippen LogP contribution in [-0.4, -0.2) is 24.2 Å². The number of hydrogen-bond donors (Lipinski definition) is 1. The molecule has 3 heteroatoms. The second-order valence-electron chi connectivity index (χ2n) is 4.83. The summed E-state index contributed by atoms with van der Waals surface area (Å²) in [4.78, 5) is 6.33. The molecule has 3 heterocycles. The van der Waals surface area contributed by atoms with Gasteiger partial charge >= 0.3 is 0 Å². The molecule has 0 amide bonds. The Hall–Kier alpha value is -1.87. The number of aromatic nitrogens is 1. The van der Waals surface area contributed by atoms with Crippen molar-refractivity contribution in [1.29, 1.82) is 0 Å². The normalized spacial score (nSPS) is 29.5. The lowest BCUT2D eigenvalue weighted by Gasteiger charge is -2.36. The van der Waals surface area contributed by atoms with Crippen molar-refractivity contribution in [2.45, 2.75) is 19.0 Å². The quantitative estimate of drug-likeness (QED) is 0.783. The van der Waals surface area contributed by atoms with Crippen molar-refractivity contribution in [3.63, 3.8) is 0 Å². The van der Waals surface area contributed by atoms with E-state index in [-0.39, 0.29) is 12.7 Å². The maximum Gasteiger partial charge on any atom is 0.137 e. The number of hydrogen-bond acceptors (Lipinski definition) is 3. The van der Waals surface area contributed by atoms with Crippen molar-refractivity contribution in [2.75, 3.05) is 17.9 Å². The number of anilines is 1. The maximum absolute atomic E-state index is 8.09. The number of rotatable bonds is 0. The van der Waals surface area contributed by atoms with Crippen molar-refractivity contribution < 1.29 is 5.48 Å². The van der Waals surface area contributed by atoms with Crippen molar-refractivity contribution in [3.8, 4) is 11.1 Å². The summed E-state index contributed by atoms with van der Waals surface area (Å²) in [6.45, 7) is -2.11. The number of nitrogens with zero attached hydrogens (tertiary/aromatic N) is 2. The molecule has 1 unspecified atom stereocenters. The van der Waals surface area contributed by atoms with Crippen LogP contribution >= 0.6 is 0 Å². The molecule has 1 fully saturated rings. The van der Waals surface area contributed by atoms with E-state index >= 15 is 0 Å². The molecule has 0 saturated carbocycles. The summed E-state index contributed by atoms with van der Waals surface area (Å²) >= 11 is 0. The number of pyridine rings is 1. The van der Waals surface area contributed by atoms with Gasteiger partial charge in [0.25, 0.3) is 0 Å². The molecule has 2 aliphatic heterocycles. The van der Waals surface area contributed by atoms with Crippen LogP contribution in [0, 0.1) is 0 Å². The molecule has 1 atom stereocenters. The Morgan fingerprint density at radius 2 is 2.11 bits per heavy atom. The zero-order valence-corrected chi connectivity index (χ0v) is 10.4. The summed E-state index contributed by atoms with van der Waals surface area (Å²) in [6, 6.07) is 11.9. The Balaban J connectivity index is 1.90. The van der Waals surface area contributed by atoms with Crippen LogP contribution in [0.3, 0.4) is 0 Å². The fourth-order valence-corrected chi connectivity index (χ4v) is 2.84. The van der Waals surface area contributed by atoms with Gasteiger partial charge in [0, 0.05) is 30.2 Å². The van der Waals surface area contributed by atoms with Crippen LogP contribution in [0.4, 0.5) is 5.82 Å². The fourth-order valence-electron chi connectivity index (χ4n) is 2.84. The van der Waals surface area contributed by atoms with Crippen molar-refractivity contribution in [1.82, 2.24) is 10.3 Å². The summed E-state index contributed by atoms with van der Waals surface area (Å²) in [6.07, 6.45) is -0.0364. The molecular formula is C16H17N3. The Bertz CT molecular complexity index is 762. The highest BCUT2D eigenvalue weighted by atomic mass is 15.3. The van der Waals surface area contributed by atoms with Gasteiger partial charge in [0.05, 0.1) is 6.17 Å². The zero-order chi connectivity index (χ0) is 16.2. The second kappa shape index (κ2) is 4.35. The summed E-state index contributed by atoms with van der Waals surface area (Å²) in [5.74, 6) is 0.703. The monoisotopic (exact) mass is 255 g/mol. The third-order valence-electron chi connectivity index (χ3n) is 3.73. The Morgan fingerprint density at radius 1 is 1.21 bits per heavy atom. The third kappa shape index (κ3) is 1.73. The molecule has 0 aliphatic carbocycles. The lowest BCUT2D eigenvalue weighted by Crippen LogP contribution is -2.52.